The van der Waals surface area contributed by atoms with Crippen molar-refractivity contribution in [1.29, 1.82) is 0 Å². The van der Waals surface area contributed by atoms with Crippen molar-refractivity contribution in [2.45, 2.75) is 6.54 Å². The van der Waals surface area contributed by atoms with Crippen LogP contribution in [-0.4, -0.2) is 21.3 Å². The van der Waals surface area contributed by atoms with E-state index in [0.717, 1.165) is 28.1 Å². The fourth-order valence-corrected chi connectivity index (χ4v) is 1.68. The van der Waals surface area contributed by atoms with Crippen LogP contribution < -0.4 is 14.8 Å². The highest BCUT2D eigenvalue weighted by molar-refractivity contribution is 9.10. The second-order valence-electron chi connectivity index (χ2n) is 2.83. The molecular weight excluding hydrogens is 246 g/mol. The van der Waals surface area contributed by atoms with E-state index in [0.29, 0.717) is 0 Å². The molecule has 0 radical (unpaired) electrons. The highest BCUT2D eigenvalue weighted by atomic mass is 79.9. The molecule has 0 unspecified atom stereocenters. The standard InChI is InChI=1S/C10H14BrNO2/c1-12-6-7-4-9(13-2)10(14-3)5-8(7)11/h4-5,12H,6H2,1-3H3. The van der Waals surface area contributed by atoms with Crippen LogP contribution in [0, 0.1) is 0 Å². The highest BCUT2D eigenvalue weighted by Crippen LogP contribution is 2.33. The third kappa shape index (κ3) is 2.39. The maximum Gasteiger partial charge on any atom is 0.161 e. The predicted octanol–water partition coefficient (Wildman–Crippen LogP) is 2.19. The molecule has 0 aliphatic heterocycles. The molecule has 0 aliphatic carbocycles. The van der Waals surface area contributed by atoms with Gasteiger partial charge >= 0.3 is 0 Å². The minimum atomic E-state index is 0.735. The Labute approximate surface area is 92.5 Å². The van der Waals surface area contributed by atoms with Gasteiger partial charge in [-0.05, 0) is 24.7 Å². The van der Waals surface area contributed by atoms with E-state index < -0.39 is 0 Å². The van der Waals surface area contributed by atoms with E-state index in [1.807, 2.05) is 19.2 Å². The second-order valence-corrected chi connectivity index (χ2v) is 3.68. The van der Waals surface area contributed by atoms with Crippen molar-refractivity contribution in [3.8, 4) is 11.5 Å². The van der Waals surface area contributed by atoms with Gasteiger partial charge < -0.3 is 14.8 Å². The molecule has 0 heterocycles. The highest BCUT2D eigenvalue weighted by Gasteiger charge is 2.08. The first-order valence-corrected chi connectivity index (χ1v) is 5.07. The Hall–Kier alpha value is -0.740. The van der Waals surface area contributed by atoms with E-state index in [2.05, 4.69) is 21.2 Å². The fraction of sp³-hybridized carbons (Fsp3) is 0.400. The van der Waals surface area contributed by atoms with Crippen molar-refractivity contribution in [3.63, 3.8) is 0 Å². The van der Waals surface area contributed by atoms with Gasteiger partial charge in [-0.25, -0.2) is 0 Å². The molecule has 1 N–H and O–H groups in total. The van der Waals surface area contributed by atoms with E-state index >= 15 is 0 Å². The summed E-state index contributed by atoms with van der Waals surface area (Å²) in [6, 6.07) is 3.87. The van der Waals surface area contributed by atoms with Crippen molar-refractivity contribution in [3.05, 3.63) is 22.2 Å². The number of rotatable bonds is 4. The molecule has 78 valence electrons. The Morgan fingerprint density at radius 3 is 2.29 bits per heavy atom. The molecule has 1 aromatic carbocycles. The summed E-state index contributed by atoms with van der Waals surface area (Å²) >= 11 is 3.48. The molecule has 0 bridgehead atoms. The number of hydrogen-bond donors (Lipinski definition) is 1. The number of halogens is 1. The van der Waals surface area contributed by atoms with Crippen molar-refractivity contribution < 1.29 is 9.47 Å². The van der Waals surface area contributed by atoms with Crippen LogP contribution in [0.25, 0.3) is 0 Å². The van der Waals surface area contributed by atoms with E-state index in [9.17, 15) is 0 Å². The monoisotopic (exact) mass is 259 g/mol. The number of methoxy groups -OCH3 is 2. The van der Waals surface area contributed by atoms with Crippen molar-refractivity contribution in [2.24, 2.45) is 0 Å². The molecule has 0 saturated heterocycles. The Morgan fingerprint density at radius 2 is 1.79 bits per heavy atom. The summed E-state index contributed by atoms with van der Waals surface area (Å²) in [4.78, 5) is 0. The molecule has 0 amide bonds. The van der Waals surface area contributed by atoms with E-state index in [4.69, 9.17) is 9.47 Å². The van der Waals surface area contributed by atoms with Crippen LogP contribution in [0.3, 0.4) is 0 Å². The molecule has 0 aromatic heterocycles. The third-order valence-electron chi connectivity index (χ3n) is 1.92. The lowest BCUT2D eigenvalue weighted by molar-refractivity contribution is 0.354. The van der Waals surface area contributed by atoms with Gasteiger partial charge in [0.25, 0.3) is 0 Å². The zero-order valence-corrected chi connectivity index (χ0v) is 10.1. The van der Waals surface area contributed by atoms with Gasteiger partial charge in [-0.15, -0.1) is 0 Å². The van der Waals surface area contributed by atoms with Crippen LogP contribution >= 0.6 is 15.9 Å². The summed E-state index contributed by atoms with van der Waals surface area (Å²) in [7, 11) is 5.17. The van der Waals surface area contributed by atoms with Crippen LogP contribution in [0.1, 0.15) is 5.56 Å². The largest absolute Gasteiger partial charge is 0.493 e. The molecule has 0 atom stereocenters. The lowest BCUT2D eigenvalue weighted by atomic mass is 10.2. The summed E-state index contributed by atoms with van der Waals surface area (Å²) in [5, 5.41) is 3.09. The molecule has 14 heavy (non-hydrogen) atoms. The quantitative estimate of drug-likeness (QED) is 0.900. The molecule has 3 nitrogen and oxygen atoms in total. The maximum absolute atomic E-state index is 5.20. The molecule has 1 rings (SSSR count). The normalized spacial score (nSPS) is 10.0. The fourth-order valence-electron chi connectivity index (χ4n) is 1.22. The van der Waals surface area contributed by atoms with Crippen LogP contribution in [-0.2, 0) is 6.54 Å². The van der Waals surface area contributed by atoms with E-state index in [1.54, 1.807) is 14.2 Å². The summed E-state index contributed by atoms with van der Waals surface area (Å²) in [5.41, 5.74) is 1.14. The molecule has 0 aliphatic rings. The van der Waals surface area contributed by atoms with Crippen LogP contribution in [0.2, 0.25) is 0 Å². The molecule has 1 aromatic rings. The average molecular weight is 260 g/mol. The Bertz CT molecular complexity index is 315. The summed E-state index contributed by atoms with van der Waals surface area (Å²) in [6.45, 7) is 0.793. The van der Waals surface area contributed by atoms with Gasteiger partial charge in [-0.1, -0.05) is 15.9 Å². The molecule has 0 saturated carbocycles. The molecule has 4 heteroatoms. The van der Waals surface area contributed by atoms with Gasteiger partial charge in [-0.3, -0.25) is 0 Å². The maximum atomic E-state index is 5.20. The van der Waals surface area contributed by atoms with Gasteiger partial charge in [0, 0.05) is 11.0 Å². The van der Waals surface area contributed by atoms with Crippen LogP contribution in [0.5, 0.6) is 11.5 Å². The third-order valence-corrected chi connectivity index (χ3v) is 2.66. The molecular formula is C10H14BrNO2. The second kappa shape index (κ2) is 5.22. The van der Waals surface area contributed by atoms with Crippen molar-refractivity contribution >= 4 is 15.9 Å². The number of hydrogen-bond acceptors (Lipinski definition) is 3. The van der Waals surface area contributed by atoms with E-state index in [1.165, 1.54) is 0 Å². The Balaban J connectivity index is 3.09. The molecule has 0 spiro atoms. The van der Waals surface area contributed by atoms with E-state index in [-0.39, 0.29) is 0 Å². The van der Waals surface area contributed by atoms with Gasteiger partial charge in [-0.2, -0.15) is 0 Å². The number of nitrogens with one attached hydrogen (secondary N) is 1. The minimum absolute atomic E-state index is 0.735. The van der Waals surface area contributed by atoms with Gasteiger partial charge in [0.2, 0.25) is 0 Å². The van der Waals surface area contributed by atoms with Crippen LogP contribution in [0.15, 0.2) is 16.6 Å². The van der Waals surface area contributed by atoms with Crippen molar-refractivity contribution in [2.75, 3.05) is 21.3 Å². The van der Waals surface area contributed by atoms with Gasteiger partial charge in [0.1, 0.15) is 0 Å². The number of ether oxygens (including phenoxy) is 2. The summed E-state index contributed by atoms with van der Waals surface area (Å²) in [5.74, 6) is 1.49. The first-order valence-electron chi connectivity index (χ1n) is 4.28. The Morgan fingerprint density at radius 1 is 1.21 bits per heavy atom. The Kier molecular flexibility index (Phi) is 4.22. The number of benzene rings is 1. The predicted molar refractivity (Wildman–Crippen MR) is 60.0 cm³/mol. The van der Waals surface area contributed by atoms with Crippen molar-refractivity contribution in [1.82, 2.24) is 5.32 Å². The zero-order valence-electron chi connectivity index (χ0n) is 8.56. The topological polar surface area (TPSA) is 30.5 Å². The lowest BCUT2D eigenvalue weighted by Gasteiger charge is -2.11. The minimum Gasteiger partial charge on any atom is -0.493 e. The lowest BCUT2D eigenvalue weighted by Crippen LogP contribution is -2.06. The SMILES string of the molecule is CNCc1cc(OC)c(OC)cc1Br. The summed E-state index contributed by atoms with van der Waals surface area (Å²) < 4.78 is 11.4. The average Bonchev–Trinajstić information content (AvgIpc) is 2.20. The zero-order chi connectivity index (χ0) is 10.6. The van der Waals surface area contributed by atoms with Gasteiger partial charge in [0.05, 0.1) is 14.2 Å². The summed E-state index contributed by atoms with van der Waals surface area (Å²) in [6.07, 6.45) is 0. The smallest absolute Gasteiger partial charge is 0.161 e. The van der Waals surface area contributed by atoms with Gasteiger partial charge in [0.15, 0.2) is 11.5 Å². The van der Waals surface area contributed by atoms with Crippen LogP contribution in [0.4, 0.5) is 0 Å². The molecule has 0 fully saturated rings. The first kappa shape index (κ1) is 11.3. The first-order chi connectivity index (χ1) is 6.72.